The molecule has 0 spiro atoms. The minimum absolute atomic E-state index is 0.230. The highest BCUT2D eigenvalue weighted by atomic mass is 32.2. The first-order valence-electron chi connectivity index (χ1n) is 10.0. The summed E-state index contributed by atoms with van der Waals surface area (Å²) in [6.07, 6.45) is 4.94. The Bertz CT molecular complexity index is 1290. The van der Waals surface area contributed by atoms with E-state index in [1.54, 1.807) is 54.3 Å². The largest absolute Gasteiger partial charge is 0.380 e. The molecule has 0 amide bonds. The zero-order valence-corrected chi connectivity index (χ0v) is 19.1. The van der Waals surface area contributed by atoms with Gasteiger partial charge in [-0.25, -0.2) is 18.1 Å². The molecule has 0 aliphatic carbocycles. The van der Waals surface area contributed by atoms with Crippen molar-refractivity contribution >= 4 is 26.2 Å². The molecule has 0 saturated heterocycles. The molecule has 0 fully saturated rings. The number of fused-ring (bicyclic) bond motifs is 1. The first kappa shape index (κ1) is 21.6. The van der Waals surface area contributed by atoms with Gasteiger partial charge in [-0.2, -0.15) is 4.31 Å². The summed E-state index contributed by atoms with van der Waals surface area (Å²) in [4.78, 5) is 6.40. The van der Waals surface area contributed by atoms with Crippen LogP contribution in [0.1, 0.15) is 43.1 Å². The second-order valence-corrected chi connectivity index (χ2v) is 9.99. The lowest BCUT2D eigenvalue weighted by atomic mass is 10.1. The third kappa shape index (κ3) is 3.78. The summed E-state index contributed by atoms with van der Waals surface area (Å²) in [6.45, 7) is 6.49. The Morgan fingerprint density at radius 2 is 1.87 bits per heavy atom. The third-order valence-corrected chi connectivity index (χ3v) is 8.51. The molecular formula is C20H24N6O3S2. The van der Waals surface area contributed by atoms with E-state index in [1.165, 1.54) is 8.99 Å². The monoisotopic (exact) mass is 460 g/mol. The Hall–Kier alpha value is -2.60. The maximum absolute atomic E-state index is 12.7. The smallest absolute Gasteiger partial charge is 0.243 e. The van der Waals surface area contributed by atoms with Gasteiger partial charge in [0.1, 0.15) is 23.0 Å². The molecule has 1 aromatic carbocycles. The number of imidazole rings is 1. The lowest BCUT2D eigenvalue weighted by Crippen LogP contribution is -2.30. The zero-order chi connectivity index (χ0) is 22.2. The molecule has 1 unspecified atom stereocenters. The average Bonchev–Trinajstić information content (AvgIpc) is 3.49. The summed E-state index contributed by atoms with van der Waals surface area (Å²) in [5.74, 6) is 0. The van der Waals surface area contributed by atoms with Crippen LogP contribution in [0, 0.1) is 0 Å². The Morgan fingerprint density at radius 3 is 2.52 bits per heavy atom. The molecule has 11 heteroatoms. The molecule has 0 aliphatic rings. The highest BCUT2D eigenvalue weighted by molar-refractivity contribution is 7.89. The SMILES string of the molecule is CCc1sc2cncn2c1C(O)c1cn(-c2ccc(S(=O)(=O)N(CC)CC)cc2)nn1. The van der Waals surface area contributed by atoms with Crippen LogP contribution in [0.3, 0.4) is 0 Å². The minimum Gasteiger partial charge on any atom is -0.380 e. The van der Waals surface area contributed by atoms with Crippen LogP contribution in [0.5, 0.6) is 0 Å². The molecule has 0 radical (unpaired) electrons. The molecule has 4 aromatic rings. The molecular weight excluding hydrogens is 436 g/mol. The van der Waals surface area contributed by atoms with E-state index in [1.807, 2.05) is 25.2 Å². The predicted octanol–water partition coefficient (Wildman–Crippen LogP) is 2.65. The quantitative estimate of drug-likeness (QED) is 0.433. The molecule has 1 N–H and O–H groups in total. The summed E-state index contributed by atoms with van der Waals surface area (Å²) in [5, 5.41) is 19.3. The summed E-state index contributed by atoms with van der Waals surface area (Å²) in [6, 6.07) is 6.47. The van der Waals surface area contributed by atoms with Crippen molar-refractivity contribution in [1.82, 2.24) is 28.7 Å². The standard InChI is InChI=1S/C20H24N6O3S2/c1-4-17-19(25-13-21-11-18(25)30-17)20(27)16-12-26(23-22-16)14-7-9-15(10-8-14)31(28,29)24(5-2)6-3/h7-13,20,27H,4-6H2,1-3H3. The van der Waals surface area contributed by atoms with Crippen molar-refractivity contribution in [3.8, 4) is 5.69 Å². The van der Waals surface area contributed by atoms with Crippen LogP contribution in [0.4, 0.5) is 0 Å². The summed E-state index contributed by atoms with van der Waals surface area (Å²) in [5.41, 5.74) is 1.80. The topological polar surface area (TPSA) is 106 Å². The first-order chi connectivity index (χ1) is 14.9. The number of thiazole rings is 1. The van der Waals surface area contributed by atoms with Gasteiger partial charge < -0.3 is 5.11 Å². The number of rotatable bonds is 8. The number of hydrogen-bond donors (Lipinski definition) is 1. The van der Waals surface area contributed by atoms with Crippen molar-refractivity contribution in [3.05, 3.63) is 59.3 Å². The lowest BCUT2D eigenvalue weighted by Gasteiger charge is -2.18. The van der Waals surface area contributed by atoms with Crippen LogP contribution in [0.25, 0.3) is 10.5 Å². The fraction of sp³-hybridized carbons (Fsp3) is 0.350. The van der Waals surface area contributed by atoms with Gasteiger partial charge in [-0.3, -0.25) is 4.40 Å². The second-order valence-electron chi connectivity index (χ2n) is 6.94. The van der Waals surface area contributed by atoms with Crippen molar-refractivity contribution in [2.75, 3.05) is 13.1 Å². The molecule has 3 aromatic heterocycles. The number of aromatic nitrogens is 5. The molecule has 1 atom stereocenters. The number of nitrogens with zero attached hydrogens (tertiary/aromatic N) is 6. The Balaban J connectivity index is 1.62. The van der Waals surface area contributed by atoms with Crippen molar-refractivity contribution in [3.63, 3.8) is 0 Å². The second kappa shape index (κ2) is 8.50. The summed E-state index contributed by atoms with van der Waals surface area (Å²) in [7, 11) is -3.52. The van der Waals surface area contributed by atoms with Crippen molar-refractivity contribution < 1.29 is 13.5 Å². The molecule has 9 nitrogen and oxygen atoms in total. The van der Waals surface area contributed by atoms with E-state index in [-0.39, 0.29) is 4.90 Å². The summed E-state index contributed by atoms with van der Waals surface area (Å²) < 4.78 is 30.1. The van der Waals surface area contributed by atoms with Gasteiger partial charge in [0.2, 0.25) is 10.0 Å². The Morgan fingerprint density at radius 1 is 1.16 bits per heavy atom. The zero-order valence-electron chi connectivity index (χ0n) is 17.5. The van der Waals surface area contributed by atoms with Gasteiger partial charge in [0, 0.05) is 18.0 Å². The molecule has 3 heterocycles. The van der Waals surface area contributed by atoms with Crippen LogP contribution >= 0.6 is 11.3 Å². The molecule has 164 valence electrons. The van der Waals surface area contributed by atoms with Gasteiger partial charge in [0.05, 0.1) is 28.7 Å². The van der Waals surface area contributed by atoms with Crippen molar-refractivity contribution in [1.29, 1.82) is 0 Å². The number of sulfonamides is 1. The molecule has 0 aliphatic heterocycles. The number of aliphatic hydroxyl groups excluding tert-OH is 1. The number of aliphatic hydroxyl groups is 1. The molecule has 0 bridgehead atoms. The van der Waals surface area contributed by atoms with Crippen LogP contribution < -0.4 is 0 Å². The third-order valence-electron chi connectivity index (χ3n) is 5.19. The van der Waals surface area contributed by atoms with Gasteiger partial charge in [0.25, 0.3) is 0 Å². The van der Waals surface area contributed by atoms with Crippen LogP contribution in [0.2, 0.25) is 0 Å². The number of aryl methyl sites for hydroxylation is 1. The number of benzene rings is 1. The molecule has 4 rings (SSSR count). The number of hydrogen-bond acceptors (Lipinski definition) is 7. The van der Waals surface area contributed by atoms with E-state index >= 15 is 0 Å². The van der Waals surface area contributed by atoms with E-state index in [0.717, 1.165) is 21.8 Å². The van der Waals surface area contributed by atoms with Gasteiger partial charge in [-0.15, -0.1) is 16.4 Å². The van der Waals surface area contributed by atoms with Gasteiger partial charge >= 0.3 is 0 Å². The van der Waals surface area contributed by atoms with E-state index in [2.05, 4.69) is 15.3 Å². The van der Waals surface area contributed by atoms with Gasteiger partial charge in [-0.05, 0) is 30.7 Å². The summed E-state index contributed by atoms with van der Waals surface area (Å²) >= 11 is 1.59. The van der Waals surface area contributed by atoms with Gasteiger partial charge in [-0.1, -0.05) is 26.0 Å². The highest BCUT2D eigenvalue weighted by Gasteiger charge is 2.24. The Kier molecular flexibility index (Phi) is 5.93. The van der Waals surface area contributed by atoms with Crippen molar-refractivity contribution in [2.45, 2.75) is 38.2 Å². The van der Waals surface area contributed by atoms with E-state index in [4.69, 9.17) is 0 Å². The fourth-order valence-corrected chi connectivity index (χ4v) is 6.07. The highest BCUT2D eigenvalue weighted by Crippen LogP contribution is 2.31. The maximum Gasteiger partial charge on any atom is 0.243 e. The molecule has 0 saturated carbocycles. The molecule has 31 heavy (non-hydrogen) atoms. The minimum atomic E-state index is -3.52. The van der Waals surface area contributed by atoms with Crippen LogP contribution in [0.15, 0.2) is 47.9 Å². The average molecular weight is 461 g/mol. The van der Waals surface area contributed by atoms with E-state index < -0.39 is 16.1 Å². The lowest BCUT2D eigenvalue weighted by molar-refractivity contribution is 0.208. The Labute approximate surface area is 184 Å². The predicted molar refractivity (Wildman–Crippen MR) is 118 cm³/mol. The van der Waals surface area contributed by atoms with Crippen LogP contribution in [-0.4, -0.2) is 55.3 Å². The first-order valence-corrected chi connectivity index (χ1v) is 12.3. The van der Waals surface area contributed by atoms with E-state index in [0.29, 0.717) is 24.5 Å². The fourth-order valence-electron chi connectivity index (χ4n) is 3.54. The van der Waals surface area contributed by atoms with E-state index in [9.17, 15) is 13.5 Å². The van der Waals surface area contributed by atoms with Crippen LogP contribution in [-0.2, 0) is 16.4 Å². The van der Waals surface area contributed by atoms with Gasteiger partial charge in [0.15, 0.2) is 0 Å². The maximum atomic E-state index is 12.7. The normalized spacial score (nSPS) is 13.3. The van der Waals surface area contributed by atoms with Crippen molar-refractivity contribution in [2.24, 2.45) is 0 Å².